The Kier molecular flexibility index (Phi) is 5.20. The van der Waals surface area contributed by atoms with Crippen LogP contribution in [0.2, 0.25) is 0 Å². The van der Waals surface area contributed by atoms with Crippen molar-refractivity contribution in [3.8, 4) is 0 Å². The van der Waals surface area contributed by atoms with Crippen molar-refractivity contribution in [3.05, 3.63) is 41.6 Å². The van der Waals surface area contributed by atoms with Crippen LogP contribution < -0.4 is 5.32 Å². The van der Waals surface area contributed by atoms with Crippen LogP contribution in [0.1, 0.15) is 56.5 Å². The van der Waals surface area contributed by atoms with Gasteiger partial charge in [-0.05, 0) is 58.2 Å². The van der Waals surface area contributed by atoms with Crippen LogP contribution in [0, 0.1) is 0 Å². The molecule has 144 valence electrons. The van der Waals surface area contributed by atoms with Crippen LogP contribution in [0.5, 0.6) is 0 Å². The van der Waals surface area contributed by atoms with Gasteiger partial charge in [-0.15, -0.1) is 0 Å². The Labute approximate surface area is 159 Å². The van der Waals surface area contributed by atoms with E-state index >= 15 is 0 Å². The highest BCUT2D eigenvalue weighted by Crippen LogP contribution is 2.49. The first-order valence-corrected chi connectivity index (χ1v) is 9.27. The van der Waals surface area contributed by atoms with Gasteiger partial charge in [0.15, 0.2) is 0 Å². The van der Waals surface area contributed by atoms with Gasteiger partial charge in [0.05, 0.1) is 16.7 Å². The van der Waals surface area contributed by atoms with Crippen molar-refractivity contribution in [2.24, 2.45) is 0 Å². The zero-order chi connectivity index (χ0) is 19.7. The number of carbonyl (C=O) groups excluding carboxylic acids is 2. The van der Waals surface area contributed by atoms with Gasteiger partial charge in [0.2, 0.25) is 0 Å². The van der Waals surface area contributed by atoms with E-state index in [1.807, 2.05) is 25.1 Å². The third-order valence-corrected chi connectivity index (χ3v) is 4.45. The summed E-state index contributed by atoms with van der Waals surface area (Å²) in [6.45, 7) is 7.84. The molecule has 1 aliphatic carbocycles. The second kappa shape index (κ2) is 7.27. The van der Waals surface area contributed by atoms with Gasteiger partial charge in [-0.2, -0.15) is 0 Å². The largest absolute Gasteiger partial charge is 0.459 e. The molecule has 1 saturated carbocycles. The number of rotatable bonds is 6. The SMILES string of the molecule is CCOC1(c2ccc3c(C(=O)NCC(=O)OC(C)(C)C)ccnc3c2)CC1. The maximum Gasteiger partial charge on any atom is 0.325 e. The molecule has 0 radical (unpaired) electrons. The van der Waals surface area contributed by atoms with Gasteiger partial charge in [-0.3, -0.25) is 14.6 Å². The van der Waals surface area contributed by atoms with Gasteiger partial charge in [-0.25, -0.2) is 0 Å². The number of hydrogen-bond acceptors (Lipinski definition) is 5. The molecule has 1 fully saturated rings. The van der Waals surface area contributed by atoms with Gasteiger partial charge in [0.25, 0.3) is 5.91 Å². The van der Waals surface area contributed by atoms with Gasteiger partial charge >= 0.3 is 5.97 Å². The van der Waals surface area contributed by atoms with Crippen molar-refractivity contribution in [3.63, 3.8) is 0 Å². The minimum Gasteiger partial charge on any atom is -0.459 e. The lowest BCUT2D eigenvalue weighted by molar-refractivity contribution is -0.153. The number of pyridine rings is 1. The first kappa shape index (κ1) is 19.3. The summed E-state index contributed by atoms with van der Waals surface area (Å²) >= 11 is 0. The second-order valence-electron chi connectivity index (χ2n) is 7.79. The lowest BCUT2D eigenvalue weighted by Crippen LogP contribution is -2.34. The number of hydrogen-bond donors (Lipinski definition) is 1. The van der Waals surface area contributed by atoms with Crippen LogP contribution in [0.4, 0.5) is 0 Å². The summed E-state index contributed by atoms with van der Waals surface area (Å²) in [5, 5.41) is 3.37. The number of nitrogens with one attached hydrogen (secondary N) is 1. The van der Waals surface area contributed by atoms with Gasteiger partial charge in [0.1, 0.15) is 12.1 Å². The summed E-state index contributed by atoms with van der Waals surface area (Å²) in [5.74, 6) is -0.796. The zero-order valence-corrected chi connectivity index (χ0v) is 16.3. The molecule has 0 spiro atoms. The Morgan fingerprint density at radius 3 is 2.59 bits per heavy atom. The van der Waals surface area contributed by atoms with Crippen molar-refractivity contribution in [2.45, 2.75) is 51.7 Å². The average Bonchev–Trinajstić information content (AvgIpc) is 3.38. The highest BCUT2D eigenvalue weighted by Gasteiger charge is 2.45. The summed E-state index contributed by atoms with van der Waals surface area (Å²) in [6, 6.07) is 7.54. The molecule has 0 aliphatic heterocycles. The lowest BCUT2D eigenvalue weighted by atomic mass is 10.0. The third-order valence-electron chi connectivity index (χ3n) is 4.45. The Bertz CT molecular complexity index is 866. The first-order chi connectivity index (χ1) is 12.7. The van der Waals surface area contributed by atoms with Crippen molar-refractivity contribution in [1.29, 1.82) is 0 Å². The summed E-state index contributed by atoms with van der Waals surface area (Å²) in [4.78, 5) is 28.8. The molecule has 0 saturated heterocycles. The first-order valence-electron chi connectivity index (χ1n) is 9.27. The van der Waals surface area contributed by atoms with Crippen LogP contribution in [-0.2, 0) is 19.9 Å². The molecule has 2 aromatic rings. The Morgan fingerprint density at radius 1 is 1.22 bits per heavy atom. The number of nitrogens with zero attached hydrogens (tertiary/aromatic N) is 1. The molecule has 6 nitrogen and oxygen atoms in total. The molecule has 6 heteroatoms. The van der Waals surface area contributed by atoms with Crippen molar-refractivity contribution in [1.82, 2.24) is 10.3 Å². The van der Waals surface area contributed by atoms with E-state index in [0.717, 1.165) is 29.3 Å². The van der Waals surface area contributed by atoms with Crippen LogP contribution in [0.3, 0.4) is 0 Å². The van der Waals surface area contributed by atoms with E-state index in [9.17, 15) is 9.59 Å². The number of amides is 1. The standard InChI is InChI=1S/C21H26N2O4/c1-5-26-21(9-10-21)14-6-7-15-16(8-11-22-17(15)12-14)19(25)23-13-18(24)27-20(2,3)4/h6-8,11-12H,5,9-10,13H2,1-4H3,(H,23,25). The van der Waals surface area contributed by atoms with E-state index in [1.54, 1.807) is 33.0 Å². The molecule has 3 rings (SSSR count). The highest BCUT2D eigenvalue weighted by molar-refractivity contribution is 6.06. The number of ether oxygens (including phenoxy) is 2. The van der Waals surface area contributed by atoms with E-state index in [0.29, 0.717) is 12.2 Å². The normalized spacial score (nSPS) is 15.4. The monoisotopic (exact) mass is 370 g/mol. The van der Waals surface area contributed by atoms with Crippen molar-refractivity contribution >= 4 is 22.8 Å². The Balaban J connectivity index is 1.77. The average molecular weight is 370 g/mol. The second-order valence-corrected chi connectivity index (χ2v) is 7.79. The minimum absolute atomic E-state index is 0.175. The van der Waals surface area contributed by atoms with Gasteiger partial charge in [-0.1, -0.05) is 12.1 Å². The lowest BCUT2D eigenvalue weighted by Gasteiger charge is -2.19. The molecular weight excluding hydrogens is 344 g/mol. The topological polar surface area (TPSA) is 77.5 Å². The maximum absolute atomic E-state index is 12.6. The van der Waals surface area contributed by atoms with Crippen molar-refractivity contribution < 1.29 is 19.1 Å². The third kappa shape index (κ3) is 4.45. The number of benzene rings is 1. The molecule has 1 N–H and O–H groups in total. The molecule has 1 aromatic carbocycles. The number of aromatic nitrogens is 1. The van der Waals surface area contributed by atoms with E-state index in [-0.39, 0.29) is 18.1 Å². The smallest absolute Gasteiger partial charge is 0.325 e. The fraction of sp³-hybridized carbons (Fsp3) is 0.476. The molecule has 27 heavy (non-hydrogen) atoms. The molecular formula is C21H26N2O4. The quantitative estimate of drug-likeness (QED) is 0.789. The van der Waals surface area contributed by atoms with Crippen LogP contribution >= 0.6 is 0 Å². The Hall–Kier alpha value is -2.47. The molecule has 1 heterocycles. The van der Waals surface area contributed by atoms with Crippen LogP contribution in [0.25, 0.3) is 10.9 Å². The van der Waals surface area contributed by atoms with Crippen LogP contribution in [-0.4, -0.2) is 35.6 Å². The molecule has 1 amide bonds. The maximum atomic E-state index is 12.6. The summed E-state index contributed by atoms with van der Waals surface area (Å²) < 4.78 is 11.1. The fourth-order valence-corrected chi connectivity index (χ4v) is 3.16. The van der Waals surface area contributed by atoms with E-state index in [1.165, 1.54) is 0 Å². The molecule has 0 atom stereocenters. The predicted octanol–water partition coefficient (Wildman–Crippen LogP) is 3.33. The van der Waals surface area contributed by atoms with E-state index < -0.39 is 11.6 Å². The number of carbonyl (C=O) groups is 2. The van der Waals surface area contributed by atoms with Crippen LogP contribution in [0.15, 0.2) is 30.5 Å². The molecule has 0 bridgehead atoms. The molecule has 0 unspecified atom stereocenters. The van der Waals surface area contributed by atoms with E-state index in [2.05, 4.69) is 10.3 Å². The predicted molar refractivity (Wildman–Crippen MR) is 102 cm³/mol. The van der Waals surface area contributed by atoms with E-state index in [4.69, 9.17) is 9.47 Å². The Morgan fingerprint density at radius 2 is 1.96 bits per heavy atom. The molecule has 1 aromatic heterocycles. The highest BCUT2D eigenvalue weighted by atomic mass is 16.6. The zero-order valence-electron chi connectivity index (χ0n) is 16.3. The summed E-state index contributed by atoms with van der Waals surface area (Å²) in [7, 11) is 0. The number of esters is 1. The van der Waals surface area contributed by atoms with Gasteiger partial charge < -0.3 is 14.8 Å². The minimum atomic E-state index is -0.582. The number of fused-ring (bicyclic) bond motifs is 1. The van der Waals surface area contributed by atoms with Crippen molar-refractivity contribution in [2.75, 3.05) is 13.2 Å². The van der Waals surface area contributed by atoms with Gasteiger partial charge in [0, 0.05) is 18.2 Å². The fourth-order valence-electron chi connectivity index (χ4n) is 3.16. The summed E-state index contributed by atoms with van der Waals surface area (Å²) in [5.41, 5.74) is 1.54. The summed E-state index contributed by atoms with van der Waals surface area (Å²) in [6.07, 6.45) is 3.61. The molecule has 1 aliphatic rings.